The van der Waals surface area contributed by atoms with Crippen LogP contribution in [0.2, 0.25) is 0 Å². The highest BCUT2D eigenvalue weighted by Gasteiger charge is 2.20. The van der Waals surface area contributed by atoms with Gasteiger partial charge in [0.15, 0.2) is 0 Å². The lowest BCUT2D eigenvalue weighted by atomic mass is 10.0. The molecule has 0 bridgehead atoms. The summed E-state index contributed by atoms with van der Waals surface area (Å²) in [6, 6.07) is 4.13. The van der Waals surface area contributed by atoms with Crippen molar-refractivity contribution in [2.45, 2.75) is 38.1 Å². The third kappa shape index (κ3) is 5.21. The number of nitrogens with one attached hydrogen (secondary N) is 1. The first-order valence-electron chi connectivity index (χ1n) is 6.58. The van der Waals surface area contributed by atoms with Gasteiger partial charge in [0.2, 0.25) is 0 Å². The predicted molar refractivity (Wildman–Crippen MR) is 82.4 cm³/mol. The smallest absolute Gasteiger partial charge is 0.265 e. The number of carbonyl (C=O) groups excluding carboxylic acids is 1. The predicted octanol–water partition coefficient (Wildman–Crippen LogP) is 2.79. The van der Waals surface area contributed by atoms with Crippen LogP contribution < -0.4 is 10.1 Å². The number of ether oxygens (including phenoxy) is 1. The quantitative estimate of drug-likeness (QED) is 0.812. The minimum absolute atomic E-state index is 0.00402. The molecule has 0 saturated carbocycles. The van der Waals surface area contributed by atoms with Gasteiger partial charge in [-0.3, -0.25) is 4.79 Å². The summed E-state index contributed by atoms with van der Waals surface area (Å²) in [5, 5.41) is 2.83. The summed E-state index contributed by atoms with van der Waals surface area (Å²) in [5.74, 6) is 0.221. The molecule has 0 aliphatic rings. The van der Waals surface area contributed by atoms with Crippen LogP contribution in [0.3, 0.4) is 0 Å². The van der Waals surface area contributed by atoms with E-state index in [1.165, 1.54) is 25.3 Å². The Labute approximate surface area is 130 Å². The molecule has 1 amide bonds. The molecule has 7 heteroatoms. The van der Waals surface area contributed by atoms with Crippen LogP contribution in [0.4, 0.5) is 0 Å². The average molecular weight is 334 g/mol. The number of carbonyl (C=O) groups is 1. The third-order valence-corrected chi connectivity index (χ3v) is 4.23. The van der Waals surface area contributed by atoms with Crippen LogP contribution in [0.5, 0.6) is 5.75 Å². The molecule has 1 N–H and O–H groups in total. The van der Waals surface area contributed by atoms with Gasteiger partial charge in [0, 0.05) is 22.3 Å². The Morgan fingerprint density at radius 1 is 1.33 bits per heavy atom. The lowest BCUT2D eigenvalue weighted by Gasteiger charge is -2.16. The molecule has 1 unspecified atom stereocenters. The zero-order valence-corrected chi connectivity index (χ0v) is 14.1. The fourth-order valence-corrected chi connectivity index (χ4v) is 3.10. The molecular weight excluding hydrogens is 314 g/mol. The van der Waals surface area contributed by atoms with Gasteiger partial charge in [-0.1, -0.05) is 13.8 Å². The Hall–Kier alpha value is -1.27. The molecule has 0 aliphatic carbocycles. The monoisotopic (exact) mass is 333 g/mol. The van der Waals surface area contributed by atoms with Crippen LogP contribution in [0.25, 0.3) is 0 Å². The van der Waals surface area contributed by atoms with Crippen molar-refractivity contribution in [2.24, 2.45) is 5.92 Å². The van der Waals surface area contributed by atoms with E-state index in [4.69, 9.17) is 15.4 Å². The van der Waals surface area contributed by atoms with Crippen molar-refractivity contribution in [1.29, 1.82) is 0 Å². The molecule has 1 aromatic rings. The molecule has 118 valence electrons. The Balaban J connectivity index is 3.02. The Kier molecular flexibility index (Phi) is 6.04. The number of amides is 1. The van der Waals surface area contributed by atoms with Gasteiger partial charge in [0.05, 0.1) is 7.11 Å². The normalized spacial score (nSPS) is 13.0. The number of benzene rings is 1. The van der Waals surface area contributed by atoms with Crippen LogP contribution in [0.15, 0.2) is 23.1 Å². The molecule has 0 aromatic heterocycles. The lowest BCUT2D eigenvalue weighted by Crippen LogP contribution is -2.33. The fourth-order valence-electron chi connectivity index (χ4n) is 2.08. The number of hydrogen-bond acceptors (Lipinski definition) is 4. The van der Waals surface area contributed by atoms with Gasteiger partial charge in [-0.05, 0) is 37.5 Å². The highest BCUT2D eigenvalue weighted by atomic mass is 35.7. The van der Waals surface area contributed by atoms with E-state index in [0.717, 1.165) is 6.42 Å². The maximum atomic E-state index is 12.1. The summed E-state index contributed by atoms with van der Waals surface area (Å²) < 4.78 is 28.0. The van der Waals surface area contributed by atoms with E-state index < -0.39 is 9.05 Å². The van der Waals surface area contributed by atoms with Gasteiger partial charge >= 0.3 is 0 Å². The second kappa shape index (κ2) is 7.13. The van der Waals surface area contributed by atoms with Crippen LogP contribution in [0, 0.1) is 5.92 Å². The topological polar surface area (TPSA) is 72.5 Å². The van der Waals surface area contributed by atoms with Crippen molar-refractivity contribution < 1.29 is 17.9 Å². The van der Waals surface area contributed by atoms with Crippen LogP contribution in [0.1, 0.15) is 37.6 Å². The van der Waals surface area contributed by atoms with E-state index >= 15 is 0 Å². The SMILES string of the molecule is COc1ccc(C(=O)NC(C)CC(C)C)cc1S(=O)(=O)Cl. The van der Waals surface area contributed by atoms with Gasteiger partial charge in [0.25, 0.3) is 15.0 Å². The molecule has 0 radical (unpaired) electrons. The first-order valence-corrected chi connectivity index (χ1v) is 8.89. The standard InChI is InChI=1S/C14H20ClNO4S/c1-9(2)7-10(3)16-14(17)11-5-6-12(20-4)13(8-11)21(15,18)19/h5-6,8-10H,7H2,1-4H3,(H,16,17). The second-order valence-electron chi connectivity index (χ2n) is 5.31. The van der Waals surface area contributed by atoms with Gasteiger partial charge < -0.3 is 10.1 Å². The molecule has 5 nitrogen and oxygen atoms in total. The summed E-state index contributed by atoms with van der Waals surface area (Å²) in [4.78, 5) is 11.9. The van der Waals surface area contributed by atoms with E-state index in [0.29, 0.717) is 5.92 Å². The fraction of sp³-hybridized carbons (Fsp3) is 0.500. The minimum atomic E-state index is -3.98. The summed E-state index contributed by atoms with van der Waals surface area (Å²) >= 11 is 0. The Morgan fingerprint density at radius 3 is 2.43 bits per heavy atom. The molecule has 0 fully saturated rings. The second-order valence-corrected chi connectivity index (χ2v) is 7.84. The zero-order chi connectivity index (χ0) is 16.2. The van der Waals surface area contributed by atoms with Crippen molar-refractivity contribution in [2.75, 3.05) is 7.11 Å². The Bertz CT molecular complexity index is 613. The first-order chi connectivity index (χ1) is 9.65. The molecule has 1 aromatic carbocycles. The lowest BCUT2D eigenvalue weighted by molar-refractivity contribution is 0.0936. The van der Waals surface area contributed by atoms with Crippen molar-refractivity contribution >= 4 is 25.6 Å². The molecule has 0 aliphatic heterocycles. The molecule has 21 heavy (non-hydrogen) atoms. The van der Waals surface area contributed by atoms with Gasteiger partial charge in [-0.15, -0.1) is 0 Å². The summed E-state index contributed by atoms with van der Waals surface area (Å²) in [6.07, 6.45) is 0.836. The highest BCUT2D eigenvalue weighted by Crippen LogP contribution is 2.27. The van der Waals surface area contributed by atoms with E-state index in [1.54, 1.807) is 0 Å². The van der Waals surface area contributed by atoms with Crippen molar-refractivity contribution in [3.8, 4) is 5.75 Å². The largest absolute Gasteiger partial charge is 0.495 e. The molecule has 1 rings (SSSR count). The number of rotatable bonds is 6. The first kappa shape index (κ1) is 17.8. The zero-order valence-electron chi connectivity index (χ0n) is 12.5. The number of hydrogen-bond donors (Lipinski definition) is 1. The van der Waals surface area contributed by atoms with E-state index in [2.05, 4.69) is 19.2 Å². The van der Waals surface area contributed by atoms with Crippen molar-refractivity contribution in [3.63, 3.8) is 0 Å². The third-order valence-electron chi connectivity index (χ3n) is 2.89. The Morgan fingerprint density at radius 2 is 1.95 bits per heavy atom. The maximum absolute atomic E-state index is 12.1. The molecule has 0 spiro atoms. The van der Waals surface area contributed by atoms with Crippen molar-refractivity contribution in [3.05, 3.63) is 23.8 Å². The molecule has 0 saturated heterocycles. The van der Waals surface area contributed by atoms with E-state index in [9.17, 15) is 13.2 Å². The van der Waals surface area contributed by atoms with Gasteiger partial charge in [0.1, 0.15) is 10.6 Å². The summed E-state index contributed by atoms with van der Waals surface area (Å²) in [5.41, 5.74) is 0.227. The van der Waals surface area contributed by atoms with Gasteiger partial charge in [-0.2, -0.15) is 0 Å². The molecule has 0 heterocycles. The van der Waals surface area contributed by atoms with Crippen LogP contribution >= 0.6 is 10.7 Å². The number of methoxy groups -OCH3 is 1. The maximum Gasteiger partial charge on any atom is 0.265 e. The van der Waals surface area contributed by atoms with Crippen LogP contribution in [-0.4, -0.2) is 27.5 Å². The number of halogens is 1. The minimum Gasteiger partial charge on any atom is -0.495 e. The summed E-state index contributed by atoms with van der Waals surface area (Å²) in [6.45, 7) is 6.03. The average Bonchev–Trinajstić information content (AvgIpc) is 2.35. The highest BCUT2D eigenvalue weighted by molar-refractivity contribution is 8.13. The molecule has 1 atom stereocenters. The van der Waals surface area contributed by atoms with E-state index in [1.807, 2.05) is 6.92 Å². The summed E-state index contributed by atoms with van der Waals surface area (Å²) in [7, 11) is 2.71. The van der Waals surface area contributed by atoms with Crippen LogP contribution in [-0.2, 0) is 9.05 Å². The molecular formula is C14H20ClNO4S. The van der Waals surface area contributed by atoms with E-state index in [-0.39, 0.29) is 28.2 Å². The van der Waals surface area contributed by atoms with Crippen molar-refractivity contribution in [1.82, 2.24) is 5.32 Å². The van der Waals surface area contributed by atoms with Gasteiger partial charge in [-0.25, -0.2) is 8.42 Å².